The molecule has 4 aromatic carbocycles. The molecule has 5 atom stereocenters. The number of ether oxygens (including phenoxy) is 2. The van der Waals surface area contributed by atoms with Gasteiger partial charge in [0.15, 0.2) is 0 Å². The molecule has 0 spiro atoms. The van der Waals surface area contributed by atoms with Crippen molar-refractivity contribution in [3.05, 3.63) is 108 Å². The first-order valence-electron chi connectivity index (χ1n) is 22.4. The minimum atomic E-state index is -0.748. The molecule has 3 aliphatic rings. The fourth-order valence-electron chi connectivity index (χ4n) is 9.58. The van der Waals surface area contributed by atoms with Crippen molar-refractivity contribution in [2.45, 2.75) is 77.0 Å². The molecule has 64 heavy (non-hydrogen) atoms. The van der Waals surface area contributed by atoms with E-state index in [0.29, 0.717) is 31.9 Å². The van der Waals surface area contributed by atoms with Crippen molar-refractivity contribution >= 4 is 45.6 Å². The number of nitrogens with one attached hydrogen (secondary N) is 4. The van der Waals surface area contributed by atoms with Crippen LogP contribution in [0.4, 0.5) is 4.79 Å². The van der Waals surface area contributed by atoms with Crippen LogP contribution in [0.1, 0.15) is 91.3 Å². The Hall–Kier alpha value is -6.54. The summed E-state index contributed by atoms with van der Waals surface area (Å²) in [5.41, 5.74) is 7.34. The van der Waals surface area contributed by atoms with Crippen LogP contribution in [-0.2, 0) is 23.9 Å². The Bertz CT molecular complexity index is 2710. The van der Waals surface area contributed by atoms with Gasteiger partial charge in [-0.1, -0.05) is 86.6 Å². The van der Waals surface area contributed by atoms with Crippen LogP contribution in [0.25, 0.3) is 44.2 Å². The molecule has 2 aromatic heterocycles. The molecule has 9 rings (SSSR count). The van der Waals surface area contributed by atoms with Gasteiger partial charge < -0.3 is 39.9 Å². The average molecular weight is 871 g/mol. The summed E-state index contributed by atoms with van der Waals surface area (Å²) in [5.74, 6) is 1.06. The second-order valence-corrected chi connectivity index (χ2v) is 17.9. The number of H-pyrrole nitrogens is 2. The van der Waals surface area contributed by atoms with Gasteiger partial charge in [-0.05, 0) is 79.2 Å². The molecular formula is C50H62N8O6. The van der Waals surface area contributed by atoms with Crippen LogP contribution in [0.2, 0.25) is 0 Å². The summed E-state index contributed by atoms with van der Waals surface area (Å²) in [5, 5.41) is 7.83. The number of hydrogen-bond acceptors (Lipinski definition) is 8. The Labute approximate surface area is 377 Å². The predicted octanol–water partition coefficient (Wildman–Crippen LogP) is 8.67. The van der Waals surface area contributed by atoms with Crippen molar-refractivity contribution < 1.29 is 32.9 Å². The lowest BCUT2D eigenvalue weighted by Crippen LogP contribution is -2.51. The highest BCUT2D eigenvalue weighted by molar-refractivity contribution is 6.05. The molecule has 338 valence electrons. The Morgan fingerprint density at radius 2 is 1.55 bits per heavy atom. The summed E-state index contributed by atoms with van der Waals surface area (Å²) in [6.45, 7) is 7.41. The molecule has 6 aromatic rings. The number of nitrogens with zero attached hydrogens (tertiary/aromatic N) is 4. The number of hydrogen-bond donors (Lipinski definition) is 4. The van der Waals surface area contributed by atoms with Crippen molar-refractivity contribution in [3.63, 3.8) is 0 Å². The molecule has 4 N–H and O–H groups in total. The molecule has 0 bridgehead atoms. The molecule has 4 amide bonds. The van der Waals surface area contributed by atoms with Gasteiger partial charge in [0.25, 0.3) is 0 Å². The number of alkyl carbamates (subject to hydrolysis) is 1. The van der Waals surface area contributed by atoms with Gasteiger partial charge in [0, 0.05) is 53.0 Å². The van der Waals surface area contributed by atoms with Gasteiger partial charge in [-0.25, -0.2) is 14.8 Å². The minimum absolute atomic E-state index is 0. The number of likely N-dealkylation sites (tertiary alicyclic amines) is 2. The van der Waals surface area contributed by atoms with Gasteiger partial charge >= 0.3 is 6.09 Å². The highest BCUT2D eigenvalue weighted by Crippen LogP contribution is 2.39. The zero-order chi connectivity index (χ0) is 44.6. The van der Waals surface area contributed by atoms with Crippen LogP contribution < -0.4 is 10.6 Å². The van der Waals surface area contributed by atoms with Crippen LogP contribution in [0.5, 0.6) is 0 Å². The quantitative estimate of drug-likeness (QED) is 0.0892. The van der Waals surface area contributed by atoms with Crippen molar-refractivity contribution in [2.75, 3.05) is 33.9 Å². The Morgan fingerprint density at radius 3 is 2.27 bits per heavy atom. The zero-order valence-electron chi connectivity index (χ0n) is 37.0. The van der Waals surface area contributed by atoms with Crippen molar-refractivity contribution in [3.8, 4) is 22.4 Å². The first-order chi connectivity index (χ1) is 31.0. The van der Waals surface area contributed by atoms with E-state index in [1.807, 2.05) is 67.0 Å². The van der Waals surface area contributed by atoms with Crippen molar-refractivity contribution in [2.24, 2.45) is 17.8 Å². The van der Waals surface area contributed by atoms with E-state index >= 15 is 0 Å². The topological polar surface area (TPSA) is 175 Å². The number of amides is 4. The Morgan fingerprint density at radius 1 is 0.812 bits per heavy atom. The highest BCUT2D eigenvalue weighted by Gasteiger charge is 2.42. The number of fused-ring (bicyclic) bond motifs is 3. The standard InChI is InChI=1S/C50H56N8O6.3H2/c1-28(2)41(56-50(62)64-5)48(60)58-26-30(27-63-4)24-40(58)46-52-38-22-20-36-25-35(19-21-37(36)44(38)54-46)31-13-15-33(16-14-31)42-29(3)51-45(53-42)39-12-9-23-57(39)49(61)43(32-10-7-6-8-11-32)55-47(59)34-17-18-34;;;/h6-8,10-11,13-16,19-22,25,28,30,34,39-41,43H,9,12,17-18,23-24,26-27H2,1-5H3,(H,51,53)(H,52,54)(H,55,59)(H,56,62);3*1H/t30-,39-,40-,41-,43+;;;/m0.../s1. The predicted molar refractivity (Wildman–Crippen MR) is 250 cm³/mol. The number of aromatic amines is 2. The molecule has 0 unspecified atom stereocenters. The fourth-order valence-corrected chi connectivity index (χ4v) is 9.58. The molecule has 1 saturated carbocycles. The number of rotatable bonds is 13. The summed E-state index contributed by atoms with van der Waals surface area (Å²) in [6, 6.07) is 26.4. The van der Waals surface area contributed by atoms with Crippen molar-refractivity contribution in [1.29, 1.82) is 0 Å². The van der Waals surface area contributed by atoms with Gasteiger partial charge in [-0.3, -0.25) is 14.4 Å². The SMILES string of the molecule is COC[C@H]1C[C@@H](c2nc3c(ccc4cc(-c5ccc(-c6nc([C@@H]7CCCN7C(=O)[C@H](NC(=O)C7CC7)c7ccccc7)[nH]c6C)cc5)ccc43)[nH]2)N(C(=O)[C@@H](NC(=O)OC)C(C)C)C1.[HH].[HH].[HH]. The van der Waals surface area contributed by atoms with E-state index in [4.69, 9.17) is 19.4 Å². The molecule has 3 fully saturated rings. The largest absolute Gasteiger partial charge is 0.453 e. The summed E-state index contributed by atoms with van der Waals surface area (Å²) < 4.78 is 10.3. The molecule has 14 heteroatoms. The lowest BCUT2D eigenvalue weighted by molar-refractivity contribution is -0.138. The number of carbonyl (C=O) groups excluding carboxylic acids is 4. The van der Waals surface area contributed by atoms with E-state index in [2.05, 4.69) is 69.1 Å². The summed E-state index contributed by atoms with van der Waals surface area (Å²) in [4.78, 5) is 74.3. The monoisotopic (exact) mass is 870 g/mol. The number of aromatic nitrogens is 4. The summed E-state index contributed by atoms with van der Waals surface area (Å²) >= 11 is 0. The van der Waals surface area contributed by atoms with Gasteiger partial charge in [0.2, 0.25) is 17.7 Å². The smallest absolute Gasteiger partial charge is 0.407 e. The molecule has 1 aliphatic carbocycles. The molecule has 14 nitrogen and oxygen atoms in total. The van der Waals surface area contributed by atoms with E-state index in [-0.39, 0.29) is 51.8 Å². The van der Waals surface area contributed by atoms with E-state index in [9.17, 15) is 19.2 Å². The molecular weight excluding hydrogens is 809 g/mol. The second kappa shape index (κ2) is 17.9. The van der Waals surface area contributed by atoms with E-state index in [0.717, 1.165) is 87.0 Å². The van der Waals surface area contributed by atoms with Gasteiger partial charge in [-0.15, -0.1) is 0 Å². The lowest BCUT2D eigenvalue weighted by atomic mass is 9.99. The summed E-state index contributed by atoms with van der Waals surface area (Å²) in [7, 11) is 2.96. The fraction of sp³-hybridized carbons (Fsp3) is 0.400. The zero-order valence-corrected chi connectivity index (χ0v) is 37.0. The van der Waals surface area contributed by atoms with Gasteiger partial charge in [0.05, 0.1) is 42.5 Å². The lowest BCUT2D eigenvalue weighted by Gasteiger charge is -2.30. The third-order valence-electron chi connectivity index (χ3n) is 13.1. The van der Waals surface area contributed by atoms with Crippen LogP contribution in [0, 0.1) is 24.7 Å². The number of carbonyl (C=O) groups is 4. The number of imidazole rings is 2. The maximum Gasteiger partial charge on any atom is 0.407 e. The third kappa shape index (κ3) is 8.46. The Kier molecular flexibility index (Phi) is 12.0. The number of aryl methyl sites for hydroxylation is 1. The molecule has 2 saturated heterocycles. The summed E-state index contributed by atoms with van der Waals surface area (Å²) in [6.07, 6.45) is 3.40. The third-order valence-corrected chi connectivity index (χ3v) is 13.1. The first-order valence-corrected chi connectivity index (χ1v) is 22.4. The minimum Gasteiger partial charge on any atom is -0.453 e. The molecule has 0 radical (unpaired) electrons. The number of benzene rings is 4. The van der Waals surface area contributed by atoms with Gasteiger partial charge in [-0.2, -0.15) is 0 Å². The van der Waals surface area contributed by atoms with E-state index in [1.165, 1.54) is 7.11 Å². The van der Waals surface area contributed by atoms with Crippen LogP contribution in [-0.4, -0.2) is 93.5 Å². The second-order valence-electron chi connectivity index (χ2n) is 17.9. The molecule has 2 aliphatic heterocycles. The van der Waals surface area contributed by atoms with Crippen LogP contribution in [0.15, 0.2) is 84.9 Å². The first kappa shape index (κ1) is 42.7. The highest BCUT2D eigenvalue weighted by atomic mass is 16.5. The Balaban J connectivity index is 0.00000247. The van der Waals surface area contributed by atoms with Gasteiger partial charge in [0.1, 0.15) is 23.7 Å². The van der Waals surface area contributed by atoms with Crippen LogP contribution >= 0.6 is 0 Å². The maximum absolute atomic E-state index is 14.2. The van der Waals surface area contributed by atoms with E-state index in [1.54, 1.807) is 7.11 Å². The van der Waals surface area contributed by atoms with Crippen LogP contribution in [0.3, 0.4) is 0 Å². The average Bonchev–Trinajstić information content (AvgIpc) is 3.60. The normalized spacial score (nSPS) is 19.6. The van der Waals surface area contributed by atoms with E-state index < -0.39 is 18.2 Å². The molecule has 4 heterocycles. The maximum atomic E-state index is 14.2. The van der Waals surface area contributed by atoms with Crippen molar-refractivity contribution in [1.82, 2.24) is 40.4 Å². The number of methoxy groups -OCH3 is 2.